The first-order valence-corrected chi connectivity index (χ1v) is 44.3. The molecular weight excluding hydrogens is 2000 g/mol. The number of esters is 19. The number of ether oxygens (including phenoxy) is 19. The third-order valence-electron chi connectivity index (χ3n) is 15.3. The molecule has 0 aliphatic carbocycles. The molecule has 0 radical (unpaired) electrons. The summed E-state index contributed by atoms with van der Waals surface area (Å²) in [6, 6.07) is 0. The number of aliphatic carboxylic acids is 7. The lowest BCUT2D eigenvalue weighted by atomic mass is 9.97. The molecule has 0 saturated heterocycles. The van der Waals surface area contributed by atoms with E-state index in [1.165, 1.54) is 34.6 Å². The number of nitrogens with zero attached hydrogens (tertiary/aromatic N) is 1. The minimum atomic E-state index is -4.87. The fraction of sp³-hybridized carbons (Fsp3) is 0.580. The van der Waals surface area contributed by atoms with E-state index < -0.39 is 349 Å². The van der Waals surface area contributed by atoms with Gasteiger partial charge in [0.15, 0.2) is 26.4 Å². The Kier molecular flexibility index (Phi) is 73.4. The molecule has 8 N–H and O–H groups in total. The first-order valence-electron chi connectivity index (χ1n) is 42.7. The van der Waals surface area contributed by atoms with Crippen molar-refractivity contribution in [1.82, 2.24) is 4.90 Å². The Morgan fingerprint density at radius 2 is 0.527 bits per heavy atom. The average molecular weight is 2120 g/mol. The topological polar surface area (TPSA) is 835 Å². The van der Waals surface area contributed by atoms with E-state index in [1.807, 2.05) is 13.8 Å². The van der Waals surface area contributed by atoms with Gasteiger partial charge in [-0.1, -0.05) is 46.7 Å². The van der Waals surface area contributed by atoms with Gasteiger partial charge < -0.3 is 126 Å². The first kappa shape index (κ1) is 141. The molecular formula is C88H125NO56S. The van der Waals surface area contributed by atoms with Crippen LogP contribution in [-0.2, 0) is 230 Å². The van der Waals surface area contributed by atoms with Crippen molar-refractivity contribution in [2.24, 2.45) is 10.8 Å². The van der Waals surface area contributed by atoms with Crippen LogP contribution in [0.15, 0.2) is 61.8 Å². The van der Waals surface area contributed by atoms with E-state index in [-0.39, 0.29) is 68.1 Å². The molecule has 146 heavy (non-hydrogen) atoms. The number of amides is 1. The molecule has 2 unspecified atom stereocenters. The zero-order valence-corrected chi connectivity index (χ0v) is 83.4. The van der Waals surface area contributed by atoms with Gasteiger partial charge >= 0.3 is 155 Å². The van der Waals surface area contributed by atoms with Gasteiger partial charge in [0.05, 0.1) is 126 Å². The Bertz CT molecular complexity index is 4540. The van der Waals surface area contributed by atoms with Crippen LogP contribution in [0.4, 0.5) is 0 Å². The summed E-state index contributed by atoms with van der Waals surface area (Å²) in [5.74, 6) is -30.8. The van der Waals surface area contributed by atoms with Crippen LogP contribution in [0.3, 0.4) is 0 Å². The lowest BCUT2D eigenvalue weighted by molar-refractivity contribution is -0.235. The van der Waals surface area contributed by atoms with Crippen LogP contribution < -0.4 is 0 Å². The minimum Gasteiger partial charge on any atom is -0.481 e. The highest BCUT2D eigenvalue weighted by atomic mass is 32.2. The van der Waals surface area contributed by atoms with E-state index in [1.54, 1.807) is 41.5 Å². The van der Waals surface area contributed by atoms with E-state index in [4.69, 9.17) is 87.9 Å². The molecule has 57 nitrogen and oxygen atoms in total. The second-order valence-corrected chi connectivity index (χ2v) is 32.9. The summed E-state index contributed by atoms with van der Waals surface area (Å²) < 4.78 is 122. The Morgan fingerprint density at radius 3 is 0.808 bits per heavy atom. The third kappa shape index (κ3) is 83.0. The number of hydrogen-bond acceptors (Lipinski definition) is 48. The summed E-state index contributed by atoms with van der Waals surface area (Å²) >= 11 is 0. The monoisotopic (exact) mass is 2120 g/mol. The highest BCUT2D eigenvalue weighted by Gasteiger charge is 2.48. The van der Waals surface area contributed by atoms with Crippen LogP contribution in [-0.4, -0.2) is 305 Å². The molecule has 2 atom stereocenters. The third-order valence-corrected chi connectivity index (χ3v) is 16.0. The van der Waals surface area contributed by atoms with Crippen molar-refractivity contribution in [2.75, 3.05) is 72.7 Å². The van der Waals surface area contributed by atoms with Gasteiger partial charge in [-0.15, -0.1) is 0 Å². The fourth-order valence-corrected chi connectivity index (χ4v) is 8.39. The summed E-state index contributed by atoms with van der Waals surface area (Å²) in [6.45, 7) is 29.5. The molecule has 0 aromatic rings. The summed E-state index contributed by atoms with van der Waals surface area (Å²) in [5, 5.41) is 60.6. The molecule has 0 aliphatic heterocycles. The Labute approximate surface area is 835 Å². The summed E-state index contributed by atoms with van der Waals surface area (Å²) in [5.41, 5.74) is -3.86. The van der Waals surface area contributed by atoms with Crippen LogP contribution in [0.1, 0.15) is 231 Å². The number of carbonyl (C=O) groups is 27. The lowest BCUT2D eigenvalue weighted by Crippen LogP contribution is -2.62. The van der Waals surface area contributed by atoms with Crippen molar-refractivity contribution in [1.29, 1.82) is 0 Å². The Hall–Kier alpha value is -15.7. The van der Waals surface area contributed by atoms with Crippen LogP contribution in [0, 0.1) is 10.8 Å². The second-order valence-electron chi connectivity index (χ2n) is 31.3. The molecule has 0 bridgehead atoms. The molecule has 0 saturated carbocycles. The quantitative estimate of drug-likeness (QED) is 0.0138. The smallest absolute Gasteiger partial charge is 0.336 e. The van der Waals surface area contributed by atoms with Gasteiger partial charge in [0.2, 0.25) is 39.9 Å². The van der Waals surface area contributed by atoms with Gasteiger partial charge in [0.1, 0.15) is 0 Å². The van der Waals surface area contributed by atoms with E-state index in [9.17, 15) is 142 Å². The standard InChI is InChI=1S/C21H29NO18S.C16H26O8.2C14H18O8.C14H22O8.C9H12O6/c23-13(1-2-14(24)25)22(9-10-41(35,36)37)21(40-20(34)8-5-17(30)31,11-38-18(32)6-3-15(26)27)12-39-19(33)7-4-16(28)29;1-15(2,3)13(19)23-9-21-11(17)7-8-12(18)22-10-24-14(20)16(4,5)6;1-5-11(17)21-14(4,8-20-13(19)9(2)3)22-12(18)7-6-10(15)16;1-5-11(17)20-8-14(4,22-13(19)9(2)3)21-12(18)7-6-10(15)16;1-3-5-11(15)19-9-21-13(17)7-8-14(18)22-10-20-12(16)6-4-2;1-6(2)9(13)15-5-14-8(12)4-3-7(10)11/h1-12H2,(H,24,25)(H,26,27)(H,28,29)(H,30,31)(H,35,36,37);7-10H2,1-6H3;2*5H,1-2,6-8H2,3-4H3,(H,15,16);3-10H2,1-2H3;1,3-5H2,2H3,(H,10,11). The zero-order chi connectivity index (χ0) is 114. The largest absolute Gasteiger partial charge is 0.481 e. The highest BCUT2D eigenvalue weighted by Crippen LogP contribution is 2.26. The van der Waals surface area contributed by atoms with Crippen LogP contribution in [0.2, 0.25) is 0 Å². The molecule has 58 heteroatoms. The predicted octanol–water partition coefficient (Wildman–Crippen LogP) is 4.28. The highest BCUT2D eigenvalue weighted by molar-refractivity contribution is 7.85. The Morgan fingerprint density at radius 1 is 0.281 bits per heavy atom. The van der Waals surface area contributed by atoms with Gasteiger partial charge in [0.25, 0.3) is 27.4 Å². The molecule has 0 heterocycles. The number of hydrogen-bond donors (Lipinski definition) is 8. The number of carboxylic acids is 7. The van der Waals surface area contributed by atoms with E-state index in [2.05, 4.69) is 70.8 Å². The maximum atomic E-state index is 13.0. The maximum Gasteiger partial charge on any atom is 0.336 e. The number of carboxylic acid groups (broad SMARTS) is 7. The first-order chi connectivity index (χ1) is 67.3. The van der Waals surface area contributed by atoms with Gasteiger partial charge in [-0.2, -0.15) is 8.42 Å². The molecule has 1 amide bonds. The predicted molar refractivity (Wildman–Crippen MR) is 477 cm³/mol. The van der Waals surface area contributed by atoms with Crippen LogP contribution in [0.25, 0.3) is 0 Å². The molecule has 0 fully saturated rings. The van der Waals surface area contributed by atoms with E-state index >= 15 is 0 Å². The number of rotatable bonds is 63. The van der Waals surface area contributed by atoms with E-state index in [0.29, 0.717) is 17.7 Å². The SMILES string of the molecule is C=C(C)C(=O)OCOC(=O)CCC(=O)O.C=CC(=O)OC(C)(COC(=O)C(=C)C)OC(=O)CCC(=O)O.C=CC(=O)OCC(C)(OC(=O)CCC(=O)O)OC(=O)C(=C)C.CC(C)(C)C(=O)OCOC(=O)CCC(=O)OCOC(=O)C(C)(C)C.CCCC(=O)OCOC(=O)CCC(=O)OCOC(=O)CCC.O=C(O)CCC(=O)OCC(COC(=O)CCC(=O)O)(OC(=O)CCC(=O)O)N(CCS(=O)(=O)O)C(=O)CCC(=O)O. The molecule has 824 valence electrons. The fourth-order valence-electron chi connectivity index (χ4n) is 7.98. The molecule has 0 rings (SSSR count). The average Bonchev–Trinajstić information content (AvgIpc) is 0.791. The van der Waals surface area contributed by atoms with Gasteiger partial charge in [-0.25, -0.2) is 24.0 Å². The summed E-state index contributed by atoms with van der Waals surface area (Å²) in [4.78, 5) is 305. The minimum absolute atomic E-state index is 0.0443. The second kappa shape index (κ2) is 76.0. The maximum absolute atomic E-state index is 13.0. The molecule has 0 spiro atoms. The lowest BCUT2D eigenvalue weighted by Gasteiger charge is -2.41. The summed E-state index contributed by atoms with van der Waals surface area (Å²) in [7, 11) is -4.87. The van der Waals surface area contributed by atoms with Gasteiger partial charge in [-0.3, -0.25) is 115 Å². The molecule has 0 aliphatic rings. The number of carbonyl (C=O) groups excluding carboxylic acids is 20. The van der Waals surface area contributed by atoms with Crippen molar-refractivity contribution < 1.29 is 268 Å². The normalized spacial score (nSPS) is 11.2. The molecule has 0 aromatic heterocycles. The van der Waals surface area contributed by atoms with Gasteiger partial charge in [0, 0.05) is 68.5 Å². The van der Waals surface area contributed by atoms with Crippen molar-refractivity contribution >= 4 is 171 Å². The van der Waals surface area contributed by atoms with Crippen molar-refractivity contribution in [3.05, 3.63) is 61.8 Å². The van der Waals surface area contributed by atoms with Crippen molar-refractivity contribution in [3.63, 3.8) is 0 Å². The Balaban J connectivity index is -0.000000415. The van der Waals surface area contributed by atoms with E-state index in [0.717, 1.165) is 12.2 Å². The van der Waals surface area contributed by atoms with Crippen LogP contribution in [0.5, 0.6) is 0 Å². The van der Waals surface area contributed by atoms with Crippen molar-refractivity contribution in [3.8, 4) is 0 Å². The summed E-state index contributed by atoms with van der Waals surface area (Å²) in [6.07, 6.45) is -6.17. The van der Waals surface area contributed by atoms with Crippen molar-refractivity contribution in [2.45, 2.75) is 249 Å². The van der Waals surface area contributed by atoms with Crippen LogP contribution >= 0.6 is 0 Å². The van der Waals surface area contributed by atoms with Gasteiger partial charge in [-0.05, 0) is 75.2 Å². The zero-order valence-electron chi connectivity index (χ0n) is 82.6. The molecule has 0 aromatic carbocycles.